The average Bonchev–Trinajstić information content (AvgIpc) is 3.17. The zero-order valence-electron chi connectivity index (χ0n) is 18.2. The quantitative estimate of drug-likeness (QED) is 0.324. The number of Topliss-reactive ketones (excluding diaryl/α,β-unsaturated/α-hetero) is 1. The Balaban J connectivity index is 1.73. The van der Waals surface area contributed by atoms with Gasteiger partial charge in [0.05, 0.1) is 11.6 Å². The molecule has 4 aromatic rings. The largest absolute Gasteiger partial charge is 0.351 e. The number of benzene rings is 4. The third kappa shape index (κ3) is 4.12. The van der Waals surface area contributed by atoms with Crippen LogP contribution in [0, 0.1) is 0 Å². The molecule has 0 fully saturated rings. The molecule has 5 heteroatoms. The lowest BCUT2D eigenvalue weighted by molar-refractivity contribution is -0.114. The van der Waals surface area contributed by atoms with Crippen molar-refractivity contribution in [1.29, 1.82) is 0 Å². The molecule has 0 aromatic heterocycles. The maximum Gasteiger partial charge on any atom is 0.276 e. The lowest BCUT2D eigenvalue weighted by Crippen LogP contribution is -2.31. The summed E-state index contributed by atoms with van der Waals surface area (Å²) in [6.45, 7) is 0. The summed E-state index contributed by atoms with van der Waals surface area (Å²) in [7, 11) is 0. The van der Waals surface area contributed by atoms with Gasteiger partial charge in [0.2, 0.25) is 0 Å². The van der Waals surface area contributed by atoms with E-state index in [4.69, 9.17) is 11.6 Å². The normalized spacial score (nSPS) is 15.5. The number of para-hydroxylation sites is 2. The molecule has 1 unspecified atom stereocenters. The zero-order chi connectivity index (χ0) is 23.5. The van der Waals surface area contributed by atoms with Gasteiger partial charge >= 0.3 is 0 Å². The van der Waals surface area contributed by atoms with Gasteiger partial charge in [0.1, 0.15) is 5.70 Å². The summed E-state index contributed by atoms with van der Waals surface area (Å²) in [5.74, 6) is -0.472. The first kappa shape index (κ1) is 21.7. The van der Waals surface area contributed by atoms with Crippen molar-refractivity contribution in [2.24, 2.45) is 0 Å². The number of anilines is 2. The van der Waals surface area contributed by atoms with Crippen molar-refractivity contribution in [2.75, 3.05) is 10.2 Å². The van der Waals surface area contributed by atoms with E-state index in [1.54, 1.807) is 29.2 Å². The molecule has 5 rings (SSSR count). The van der Waals surface area contributed by atoms with Crippen LogP contribution in [0.1, 0.15) is 22.0 Å². The Morgan fingerprint density at radius 3 is 1.91 bits per heavy atom. The highest BCUT2D eigenvalue weighted by atomic mass is 35.5. The van der Waals surface area contributed by atoms with E-state index in [-0.39, 0.29) is 17.4 Å². The Morgan fingerprint density at radius 2 is 1.29 bits per heavy atom. The molecule has 0 spiro atoms. The van der Waals surface area contributed by atoms with Crippen LogP contribution in [-0.2, 0) is 4.79 Å². The second-order valence-electron chi connectivity index (χ2n) is 7.94. The van der Waals surface area contributed by atoms with Gasteiger partial charge in [-0.1, -0.05) is 90.5 Å². The number of carbonyl (C=O) groups excluding carboxylic acids is 2. The highest BCUT2D eigenvalue weighted by Crippen LogP contribution is 2.43. The van der Waals surface area contributed by atoms with E-state index in [1.807, 2.05) is 91.0 Å². The van der Waals surface area contributed by atoms with Gasteiger partial charge in [-0.15, -0.1) is 0 Å². The van der Waals surface area contributed by atoms with Gasteiger partial charge < -0.3 is 5.32 Å². The van der Waals surface area contributed by atoms with Gasteiger partial charge in [-0.05, 0) is 42.0 Å². The van der Waals surface area contributed by atoms with E-state index in [2.05, 4.69) is 5.32 Å². The summed E-state index contributed by atoms with van der Waals surface area (Å²) in [6.07, 6.45) is 0. The summed E-state index contributed by atoms with van der Waals surface area (Å²) in [4.78, 5) is 29.5. The summed E-state index contributed by atoms with van der Waals surface area (Å²) in [6, 6.07) is 34.5. The van der Waals surface area contributed by atoms with Gasteiger partial charge in [-0.25, -0.2) is 0 Å². The molecular weight excluding hydrogens is 444 g/mol. The molecule has 1 amide bonds. The maximum absolute atomic E-state index is 13.9. The lowest BCUT2D eigenvalue weighted by atomic mass is 9.92. The van der Waals surface area contributed by atoms with Crippen LogP contribution in [0.2, 0.25) is 5.02 Å². The number of nitrogens with one attached hydrogen (secondary N) is 1. The van der Waals surface area contributed by atoms with Crippen LogP contribution in [-0.4, -0.2) is 11.7 Å². The van der Waals surface area contributed by atoms with Gasteiger partial charge in [-0.3, -0.25) is 14.5 Å². The number of amides is 1. The fraction of sp³-hybridized carbons (Fsp3) is 0.0345. The summed E-state index contributed by atoms with van der Waals surface area (Å²) >= 11 is 6.16. The van der Waals surface area contributed by atoms with Crippen LogP contribution in [0.4, 0.5) is 11.4 Å². The number of rotatable bonds is 6. The number of hydrogen-bond acceptors (Lipinski definition) is 3. The van der Waals surface area contributed by atoms with Crippen LogP contribution >= 0.6 is 11.6 Å². The maximum atomic E-state index is 13.9. The summed E-state index contributed by atoms with van der Waals surface area (Å²) in [5.41, 5.74) is 3.41. The molecule has 34 heavy (non-hydrogen) atoms. The van der Waals surface area contributed by atoms with Crippen LogP contribution in [0.5, 0.6) is 0 Å². The number of hydrogen-bond donors (Lipinski definition) is 1. The molecule has 1 atom stereocenters. The number of ketones is 1. The van der Waals surface area contributed by atoms with Crippen LogP contribution in [0.3, 0.4) is 0 Å². The van der Waals surface area contributed by atoms with Gasteiger partial charge in [0, 0.05) is 22.0 Å². The van der Waals surface area contributed by atoms with Crippen molar-refractivity contribution in [3.8, 4) is 0 Å². The molecule has 0 aliphatic carbocycles. The minimum Gasteiger partial charge on any atom is -0.351 e. The monoisotopic (exact) mass is 464 g/mol. The average molecular weight is 465 g/mol. The molecule has 1 N–H and O–H groups in total. The first-order chi connectivity index (χ1) is 16.6. The first-order valence-corrected chi connectivity index (χ1v) is 11.3. The van der Waals surface area contributed by atoms with Crippen molar-refractivity contribution in [1.82, 2.24) is 0 Å². The fourth-order valence-electron chi connectivity index (χ4n) is 4.20. The Hall–Kier alpha value is -4.15. The van der Waals surface area contributed by atoms with E-state index < -0.39 is 6.04 Å². The van der Waals surface area contributed by atoms with Crippen molar-refractivity contribution in [3.63, 3.8) is 0 Å². The molecule has 0 saturated carbocycles. The Bertz CT molecular complexity index is 1350. The van der Waals surface area contributed by atoms with Crippen molar-refractivity contribution in [3.05, 3.63) is 143 Å². The van der Waals surface area contributed by atoms with Crippen molar-refractivity contribution in [2.45, 2.75) is 6.04 Å². The summed E-state index contributed by atoms with van der Waals surface area (Å²) in [5, 5.41) is 3.83. The number of halogens is 1. The molecular formula is C29H21ClN2O2. The smallest absolute Gasteiger partial charge is 0.276 e. The highest BCUT2D eigenvalue weighted by Gasteiger charge is 2.44. The van der Waals surface area contributed by atoms with E-state index >= 15 is 0 Å². The van der Waals surface area contributed by atoms with Crippen LogP contribution in [0.15, 0.2) is 127 Å². The number of carbonyl (C=O) groups is 2. The Kier molecular flexibility index (Phi) is 5.98. The third-order valence-corrected chi connectivity index (χ3v) is 6.03. The summed E-state index contributed by atoms with van der Waals surface area (Å²) < 4.78 is 0. The van der Waals surface area contributed by atoms with Crippen molar-refractivity contribution >= 4 is 34.7 Å². The molecule has 4 aromatic carbocycles. The highest BCUT2D eigenvalue weighted by molar-refractivity contribution is 6.30. The van der Waals surface area contributed by atoms with Gasteiger partial charge in [0.25, 0.3) is 5.91 Å². The van der Waals surface area contributed by atoms with E-state index in [0.29, 0.717) is 21.8 Å². The molecule has 0 bridgehead atoms. The van der Waals surface area contributed by atoms with E-state index in [0.717, 1.165) is 11.3 Å². The molecule has 166 valence electrons. The molecule has 1 aliphatic rings. The minimum atomic E-state index is -0.619. The Labute approximate surface area is 203 Å². The molecule has 1 heterocycles. The molecule has 0 radical (unpaired) electrons. The third-order valence-electron chi connectivity index (χ3n) is 5.78. The fourth-order valence-corrected chi connectivity index (χ4v) is 4.33. The SMILES string of the molecule is O=C(C1=C(Nc2ccccc2)C(=O)N(c2ccccc2)C1c1ccc(Cl)cc1)c1ccccc1. The lowest BCUT2D eigenvalue weighted by Gasteiger charge is -2.27. The standard InChI is InChI=1S/C29H21ClN2O2/c30-22-18-16-20(17-19-22)27-25(28(33)21-10-4-1-5-11-21)26(31-23-12-6-2-7-13-23)29(34)32(27)24-14-8-3-9-15-24/h1-19,27,31H. The second kappa shape index (κ2) is 9.38. The van der Waals surface area contributed by atoms with Gasteiger partial charge in [-0.2, -0.15) is 0 Å². The zero-order valence-corrected chi connectivity index (χ0v) is 18.9. The topological polar surface area (TPSA) is 49.4 Å². The Morgan fingerprint density at radius 1 is 0.735 bits per heavy atom. The minimum absolute atomic E-state index is 0.203. The van der Waals surface area contributed by atoms with Gasteiger partial charge in [0.15, 0.2) is 5.78 Å². The first-order valence-electron chi connectivity index (χ1n) is 10.9. The number of nitrogens with zero attached hydrogens (tertiary/aromatic N) is 1. The van der Waals surface area contributed by atoms with Crippen LogP contribution in [0.25, 0.3) is 0 Å². The molecule has 0 saturated heterocycles. The van der Waals surface area contributed by atoms with Crippen molar-refractivity contribution < 1.29 is 9.59 Å². The molecule has 1 aliphatic heterocycles. The van der Waals surface area contributed by atoms with E-state index in [1.165, 1.54) is 0 Å². The predicted octanol–water partition coefficient (Wildman–Crippen LogP) is 6.68. The van der Waals surface area contributed by atoms with E-state index in [9.17, 15) is 9.59 Å². The molecule has 4 nitrogen and oxygen atoms in total. The van der Waals surface area contributed by atoms with Crippen LogP contribution < -0.4 is 10.2 Å². The second-order valence-corrected chi connectivity index (χ2v) is 8.38. The predicted molar refractivity (Wildman–Crippen MR) is 136 cm³/mol.